The van der Waals surface area contributed by atoms with Crippen LogP contribution in [0.1, 0.15) is 10.6 Å². The minimum atomic E-state index is 0.841. The summed E-state index contributed by atoms with van der Waals surface area (Å²) in [6.45, 7) is 4.01. The number of rotatable bonds is 2. The van der Waals surface area contributed by atoms with Gasteiger partial charge in [0.05, 0.1) is 0 Å². The first-order valence-electron chi connectivity index (χ1n) is 4.38. The van der Waals surface area contributed by atoms with Crippen molar-refractivity contribution in [3.05, 3.63) is 34.8 Å². The van der Waals surface area contributed by atoms with Crippen LogP contribution in [0.5, 0.6) is 0 Å². The Hall–Kier alpha value is -1.42. The van der Waals surface area contributed by atoms with E-state index in [9.17, 15) is 0 Å². The molecule has 0 amide bonds. The van der Waals surface area contributed by atoms with Gasteiger partial charge in [0.25, 0.3) is 0 Å². The van der Waals surface area contributed by atoms with E-state index in [2.05, 4.69) is 34.6 Å². The highest BCUT2D eigenvalue weighted by atomic mass is 32.1. The maximum atomic E-state index is 4.00. The van der Waals surface area contributed by atoms with Crippen LogP contribution in [0.25, 0.3) is 0 Å². The molecule has 1 heterocycles. The minimum absolute atomic E-state index is 0.841. The fourth-order valence-electron chi connectivity index (χ4n) is 1.19. The first-order chi connectivity index (χ1) is 6.74. The average molecular weight is 205 g/mol. The molecule has 0 aliphatic rings. The molecule has 2 aromatic rings. The van der Waals surface area contributed by atoms with Gasteiger partial charge in [0.2, 0.25) is 5.13 Å². The number of benzene rings is 1. The van der Waals surface area contributed by atoms with Gasteiger partial charge in [-0.2, -0.15) is 0 Å². The van der Waals surface area contributed by atoms with Crippen LogP contribution in [0.2, 0.25) is 0 Å². The molecule has 1 aromatic carbocycles. The topological polar surface area (TPSA) is 37.8 Å². The summed E-state index contributed by atoms with van der Waals surface area (Å²) in [5.41, 5.74) is 2.29. The van der Waals surface area contributed by atoms with Crippen molar-refractivity contribution >= 4 is 22.2 Å². The van der Waals surface area contributed by atoms with E-state index in [0.717, 1.165) is 15.8 Å². The van der Waals surface area contributed by atoms with Gasteiger partial charge in [0, 0.05) is 5.69 Å². The number of anilines is 2. The van der Waals surface area contributed by atoms with Gasteiger partial charge in [-0.15, -0.1) is 10.2 Å². The fourth-order valence-corrected chi connectivity index (χ4v) is 1.81. The molecule has 14 heavy (non-hydrogen) atoms. The Balaban J connectivity index is 2.18. The molecule has 0 atom stereocenters. The zero-order chi connectivity index (χ0) is 9.97. The van der Waals surface area contributed by atoms with Gasteiger partial charge in [0.15, 0.2) is 0 Å². The Morgan fingerprint density at radius 3 is 2.71 bits per heavy atom. The Kier molecular flexibility index (Phi) is 2.45. The first-order valence-corrected chi connectivity index (χ1v) is 5.19. The molecule has 1 N–H and O–H groups in total. The summed E-state index contributed by atoms with van der Waals surface area (Å²) in [4.78, 5) is 0. The van der Waals surface area contributed by atoms with Crippen molar-refractivity contribution in [2.24, 2.45) is 0 Å². The van der Waals surface area contributed by atoms with Gasteiger partial charge in [-0.3, -0.25) is 0 Å². The number of hydrogen-bond donors (Lipinski definition) is 1. The number of aromatic nitrogens is 2. The Labute approximate surface area is 86.8 Å². The fraction of sp³-hybridized carbons (Fsp3) is 0.200. The molecule has 4 heteroatoms. The first kappa shape index (κ1) is 9.15. The average Bonchev–Trinajstić information content (AvgIpc) is 2.51. The quantitative estimate of drug-likeness (QED) is 0.819. The maximum absolute atomic E-state index is 4.00. The SMILES string of the molecule is Cc1cccc(Nc2nnc(C)s2)c1. The molecule has 0 aliphatic carbocycles. The van der Waals surface area contributed by atoms with E-state index in [4.69, 9.17) is 0 Å². The van der Waals surface area contributed by atoms with E-state index in [1.54, 1.807) is 11.3 Å². The zero-order valence-corrected chi connectivity index (χ0v) is 8.93. The molecule has 0 saturated carbocycles. The minimum Gasteiger partial charge on any atom is -0.330 e. The molecule has 72 valence electrons. The van der Waals surface area contributed by atoms with Gasteiger partial charge in [-0.1, -0.05) is 23.5 Å². The lowest BCUT2D eigenvalue weighted by molar-refractivity contribution is 1.05. The summed E-state index contributed by atoms with van der Waals surface area (Å²) >= 11 is 1.56. The summed E-state index contributed by atoms with van der Waals surface area (Å²) in [7, 11) is 0. The summed E-state index contributed by atoms with van der Waals surface area (Å²) in [6.07, 6.45) is 0. The largest absolute Gasteiger partial charge is 0.330 e. The van der Waals surface area contributed by atoms with Crippen molar-refractivity contribution in [3.8, 4) is 0 Å². The predicted octanol–water partition coefficient (Wildman–Crippen LogP) is 2.90. The number of nitrogens with zero attached hydrogens (tertiary/aromatic N) is 2. The Morgan fingerprint density at radius 1 is 1.21 bits per heavy atom. The highest BCUT2D eigenvalue weighted by molar-refractivity contribution is 7.15. The van der Waals surface area contributed by atoms with E-state index in [0.29, 0.717) is 0 Å². The van der Waals surface area contributed by atoms with Crippen molar-refractivity contribution < 1.29 is 0 Å². The van der Waals surface area contributed by atoms with E-state index in [-0.39, 0.29) is 0 Å². The molecule has 0 fully saturated rings. The molecular formula is C10H11N3S. The third-order valence-electron chi connectivity index (χ3n) is 1.80. The highest BCUT2D eigenvalue weighted by Gasteiger charge is 1.99. The second-order valence-corrected chi connectivity index (χ2v) is 4.30. The molecule has 3 nitrogen and oxygen atoms in total. The van der Waals surface area contributed by atoms with E-state index >= 15 is 0 Å². The van der Waals surface area contributed by atoms with Gasteiger partial charge in [0.1, 0.15) is 5.01 Å². The van der Waals surface area contributed by atoms with E-state index in [1.807, 2.05) is 19.1 Å². The van der Waals surface area contributed by atoms with E-state index < -0.39 is 0 Å². The van der Waals surface area contributed by atoms with Crippen LogP contribution >= 0.6 is 11.3 Å². The van der Waals surface area contributed by atoms with Crippen LogP contribution in [0, 0.1) is 13.8 Å². The van der Waals surface area contributed by atoms with Crippen molar-refractivity contribution in [3.63, 3.8) is 0 Å². The Morgan fingerprint density at radius 2 is 2.07 bits per heavy atom. The zero-order valence-electron chi connectivity index (χ0n) is 8.11. The van der Waals surface area contributed by atoms with Gasteiger partial charge in [-0.25, -0.2) is 0 Å². The lowest BCUT2D eigenvalue weighted by Crippen LogP contribution is -1.89. The van der Waals surface area contributed by atoms with Crippen LogP contribution in [-0.4, -0.2) is 10.2 Å². The third-order valence-corrected chi connectivity index (χ3v) is 2.55. The number of hydrogen-bond acceptors (Lipinski definition) is 4. The standard InChI is InChI=1S/C10H11N3S/c1-7-4-3-5-9(6-7)11-10-13-12-8(2)14-10/h3-6H,1-2H3,(H,11,13). The van der Waals surface area contributed by atoms with Crippen molar-refractivity contribution in [1.29, 1.82) is 0 Å². The molecule has 0 unspecified atom stereocenters. The Bertz CT molecular complexity index is 436. The molecule has 0 saturated heterocycles. The van der Waals surface area contributed by atoms with Crippen molar-refractivity contribution in [2.75, 3.05) is 5.32 Å². The van der Waals surface area contributed by atoms with Gasteiger partial charge in [-0.05, 0) is 31.5 Å². The van der Waals surface area contributed by atoms with Crippen molar-refractivity contribution in [1.82, 2.24) is 10.2 Å². The van der Waals surface area contributed by atoms with Crippen LogP contribution in [0.4, 0.5) is 10.8 Å². The van der Waals surface area contributed by atoms with Crippen LogP contribution in [0.3, 0.4) is 0 Å². The summed E-state index contributed by atoms with van der Waals surface area (Å²) in [6, 6.07) is 8.18. The van der Waals surface area contributed by atoms with Gasteiger partial charge < -0.3 is 5.32 Å². The van der Waals surface area contributed by atoms with Crippen LogP contribution < -0.4 is 5.32 Å². The molecule has 2 rings (SSSR count). The normalized spacial score (nSPS) is 10.1. The summed E-state index contributed by atoms with van der Waals surface area (Å²) in [5, 5.41) is 13.0. The molecule has 0 bridgehead atoms. The maximum Gasteiger partial charge on any atom is 0.210 e. The molecule has 0 aliphatic heterocycles. The number of aryl methyl sites for hydroxylation is 2. The highest BCUT2D eigenvalue weighted by Crippen LogP contribution is 2.20. The molecule has 0 radical (unpaired) electrons. The molecular weight excluding hydrogens is 194 g/mol. The second kappa shape index (κ2) is 3.75. The van der Waals surface area contributed by atoms with Crippen molar-refractivity contribution in [2.45, 2.75) is 13.8 Å². The van der Waals surface area contributed by atoms with Crippen LogP contribution in [-0.2, 0) is 0 Å². The monoisotopic (exact) mass is 205 g/mol. The summed E-state index contributed by atoms with van der Waals surface area (Å²) < 4.78 is 0. The van der Waals surface area contributed by atoms with E-state index in [1.165, 1.54) is 5.56 Å². The molecule has 1 aromatic heterocycles. The third kappa shape index (κ3) is 2.09. The predicted molar refractivity (Wildman–Crippen MR) is 59.1 cm³/mol. The van der Waals surface area contributed by atoms with Crippen LogP contribution in [0.15, 0.2) is 24.3 Å². The number of nitrogens with one attached hydrogen (secondary N) is 1. The smallest absolute Gasteiger partial charge is 0.210 e. The lowest BCUT2D eigenvalue weighted by atomic mass is 10.2. The second-order valence-electron chi connectivity index (χ2n) is 3.12. The van der Waals surface area contributed by atoms with Gasteiger partial charge >= 0.3 is 0 Å². The lowest BCUT2D eigenvalue weighted by Gasteiger charge is -2.01. The molecule has 0 spiro atoms. The summed E-state index contributed by atoms with van der Waals surface area (Å²) in [5.74, 6) is 0.